The molecule has 0 aliphatic carbocycles. The van der Waals surface area contributed by atoms with Crippen LogP contribution in [0.4, 0.5) is 5.69 Å². The molecule has 0 bridgehead atoms. The van der Waals surface area contributed by atoms with E-state index in [0.717, 1.165) is 17.1 Å². The van der Waals surface area contributed by atoms with Crippen molar-refractivity contribution in [3.63, 3.8) is 0 Å². The van der Waals surface area contributed by atoms with Gasteiger partial charge in [0.15, 0.2) is 0 Å². The quantitative estimate of drug-likeness (QED) is 0.560. The van der Waals surface area contributed by atoms with Gasteiger partial charge in [-0.05, 0) is 12.1 Å². The zero-order valence-electron chi connectivity index (χ0n) is 9.04. The molecule has 0 atom stereocenters. The number of nitrogens with zero attached hydrogens (tertiary/aromatic N) is 1. The van der Waals surface area contributed by atoms with Crippen LogP contribution in [-0.2, 0) is 14.3 Å². The minimum atomic E-state index is -0.590. The Hall–Kier alpha value is -2.43. The Bertz CT molecular complexity index is 515. The van der Waals surface area contributed by atoms with Gasteiger partial charge in [0.05, 0.1) is 18.4 Å². The average Bonchev–Trinajstić information content (AvgIpc) is 2.68. The Kier molecular flexibility index (Phi) is 2.74. The largest absolute Gasteiger partial charge is 0.465 e. The fraction of sp³-hybridized carbons (Fsp3) is 0.0833. The summed E-state index contributed by atoms with van der Waals surface area (Å²) < 4.78 is 4.60. The lowest BCUT2D eigenvalue weighted by atomic mass is 10.1. The number of carbonyl (C=O) groups excluding carboxylic acids is 3. The SMILES string of the molecule is COC(=O)c1ccccc1N1C(=O)C=CC1=O. The molecule has 17 heavy (non-hydrogen) atoms. The van der Waals surface area contributed by atoms with Crippen LogP contribution < -0.4 is 4.90 Å². The molecule has 0 radical (unpaired) electrons. The minimum absolute atomic E-state index is 0.181. The van der Waals surface area contributed by atoms with Crippen molar-refractivity contribution in [3.05, 3.63) is 42.0 Å². The van der Waals surface area contributed by atoms with E-state index in [1.165, 1.54) is 19.2 Å². The second-order valence-corrected chi connectivity index (χ2v) is 3.35. The lowest BCUT2D eigenvalue weighted by Crippen LogP contribution is -2.31. The smallest absolute Gasteiger partial charge is 0.339 e. The van der Waals surface area contributed by atoms with Crippen molar-refractivity contribution >= 4 is 23.5 Å². The van der Waals surface area contributed by atoms with Gasteiger partial charge in [-0.25, -0.2) is 9.69 Å². The Morgan fingerprint density at radius 3 is 2.29 bits per heavy atom. The van der Waals surface area contributed by atoms with Crippen molar-refractivity contribution in [1.82, 2.24) is 0 Å². The van der Waals surface area contributed by atoms with Crippen molar-refractivity contribution in [2.75, 3.05) is 12.0 Å². The number of rotatable bonds is 2. The molecule has 5 nitrogen and oxygen atoms in total. The fourth-order valence-electron chi connectivity index (χ4n) is 1.59. The summed E-state index contributed by atoms with van der Waals surface area (Å²) in [6.07, 6.45) is 2.33. The first-order valence-corrected chi connectivity index (χ1v) is 4.88. The van der Waals surface area contributed by atoms with E-state index in [2.05, 4.69) is 4.74 Å². The number of esters is 1. The van der Waals surface area contributed by atoms with Gasteiger partial charge in [0.25, 0.3) is 11.8 Å². The molecular weight excluding hydrogens is 222 g/mol. The van der Waals surface area contributed by atoms with E-state index in [-0.39, 0.29) is 11.3 Å². The van der Waals surface area contributed by atoms with Crippen LogP contribution in [0, 0.1) is 0 Å². The summed E-state index contributed by atoms with van der Waals surface area (Å²) in [6.45, 7) is 0. The number of imide groups is 1. The monoisotopic (exact) mass is 231 g/mol. The standard InChI is InChI=1S/C12H9NO4/c1-17-12(16)8-4-2-3-5-9(8)13-10(14)6-7-11(13)15/h2-7H,1H3. The lowest BCUT2D eigenvalue weighted by Gasteiger charge is -2.16. The number of hydrogen-bond donors (Lipinski definition) is 0. The Labute approximate surface area is 97.3 Å². The van der Waals surface area contributed by atoms with E-state index < -0.39 is 17.8 Å². The van der Waals surface area contributed by atoms with Crippen LogP contribution in [0.15, 0.2) is 36.4 Å². The molecule has 0 N–H and O–H groups in total. The third-order valence-electron chi connectivity index (χ3n) is 2.36. The molecule has 0 saturated carbocycles. The van der Waals surface area contributed by atoms with E-state index in [1.807, 2.05) is 0 Å². The highest BCUT2D eigenvalue weighted by Gasteiger charge is 2.28. The summed E-state index contributed by atoms with van der Waals surface area (Å²) in [7, 11) is 1.24. The van der Waals surface area contributed by atoms with Crippen LogP contribution in [0.5, 0.6) is 0 Å². The normalized spacial score (nSPS) is 14.3. The number of methoxy groups -OCH3 is 1. The third kappa shape index (κ3) is 1.82. The molecule has 2 amide bonds. The van der Waals surface area contributed by atoms with Crippen LogP contribution in [0.3, 0.4) is 0 Å². The van der Waals surface area contributed by atoms with E-state index in [0.29, 0.717) is 0 Å². The molecule has 5 heteroatoms. The first-order valence-electron chi connectivity index (χ1n) is 4.88. The summed E-state index contributed by atoms with van der Waals surface area (Å²) >= 11 is 0. The maximum atomic E-state index is 11.5. The van der Waals surface area contributed by atoms with Gasteiger partial charge in [0, 0.05) is 12.2 Å². The van der Waals surface area contributed by atoms with E-state index in [9.17, 15) is 14.4 Å². The predicted molar refractivity (Wildman–Crippen MR) is 59.4 cm³/mol. The molecule has 0 spiro atoms. The topological polar surface area (TPSA) is 63.7 Å². The highest BCUT2D eigenvalue weighted by molar-refractivity contribution is 6.29. The van der Waals surface area contributed by atoms with Gasteiger partial charge in [-0.15, -0.1) is 0 Å². The number of carbonyl (C=O) groups is 3. The Morgan fingerprint density at radius 1 is 1.12 bits per heavy atom. The van der Waals surface area contributed by atoms with Crippen LogP contribution in [0.25, 0.3) is 0 Å². The van der Waals surface area contributed by atoms with Crippen molar-refractivity contribution in [2.45, 2.75) is 0 Å². The molecule has 1 aliphatic heterocycles. The van der Waals surface area contributed by atoms with E-state index in [1.54, 1.807) is 12.1 Å². The number of ether oxygens (including phenoxy) is 1. The molecule has 0 fully saturated rings. The molecule has 1 aromatic rings. The summed E-state index contributed by atoms with van der Waals surface area (Å²) in [5, 5.41) is 0. The fourth-order valence-corrected chi connectivity index (χ4v) is 1.59. The molecule has 0 aromatic heterocycles. The lowest BCUT2D eigenvalue weighted by molar-refractivity contribution is -0.119. The van der Waals surface area contributed by atoms with Gasteiger partial charge in [0.2, 0.25) is 0 Å². The maximum Gasteiger partial charge on any atom is 0.339 e. The van der Waals surface area contributed by atoms with E-state index >= 15 is 0 Å². The van der Waals surface area contributed by atoms with Crippen molar-refractivity contribution < 1.29 is 19.1 Å². The highest BCUT2D eigenvalue weighted by atomic mass is 16.5. The maximum absolute atomic E-state index is 11.5. The van der Waals surface area contributed by atoms with Crippen LogP contribution in [0.2, 0.25) is 0 Å². The zero-order valence-corrected chi connectivity index (χ0v) is 9.04. The number of hydrogen-bond acceptors (Lipinski definition) is 4. The zero-order chi connectivity index (χ0) is 12.4. The molecule has 1 aliphatic rings. The van der Waals surface area contributed by atoms with Gasteiger partial charge in [0.1, 0.15) is 0 Å². The Balaban J connectivity index is 2.49. The van der Waals surface area contributed by atoms with Gasteiger partial charge in [-0.1, -0.05) is 12.1 Å². The second-order valence-electron chi connectivity index (χ2n) is 3.35. The summed E-state index contributed by atoms with van der Waals surface area (Å²) in [4.78, 5) is 35.5. The third-order valence-corrected chi connectivity index (χ3v) is 2.36. The summed E-state index contributed by atoms with van der Waals surface area (Å²) in [5.41, 5.74) is 0.416. The predicted octanol–water partition coefficient (Wildman–Crippen LogP) is 0.903. The molecule has 0 saturated heterocycles. The molecule has 1 heterocycles. The van der Waals surface area contributed by atoms with Crippen LogP contribution >= 0.6 is 0 Å². The molecule has 86 valence electrons. The number of benzene rings is 1. The number of amides is 2. The number of para-hydroxylation sites is 1. The van der Waals surface area contributed by atoms with Gasteiger partial charge < -0.3 is 4.74 Å². The van der Waals surface area contributed by atoms with Crippen molar-refractivity contribution in [2.24, 2.45) is 0 Å². The highest BCUT2D eigenvalue weighted by Crippen LogP contribution is 2.24. The second kappa shape index (κ2) is 4.21. The summed E-state index contributed by atoms with van der Waals surface area (Å²) in [6, 6.07) is 6.30. The first-order chi connectivity index (χ1) is 8.15. The van der Waals surface area contributed by atoms with Gasteiger partial charge in [-0.2, -0.15) is 0 Å². The minimum Gasteiger partial charge on any atom is -0.465 e. The first kappa shape index (κ1) is 11.1. The molecule has 0 unspecified atom stereocenters. The van der Waals surface area contributed by atoms with Crippen LogP contribution in [0.1, 0.15) is 10.4 Å². The van der Waals surface area contributed by atoms with Crippen LogP contribution in [-0.4, -0.2) is 24.9 Å². The molecule has 2 rings (SSSR count). The van der Waals surface area contributed by atoms with E-state index in [4.69, 9.17) is 0 Å². The van der Waals surface area contributed by atoms with Gasteiger partial charge >= 0.3 is 5.97 Å². The molecule has 1 aromatic carbocycles. The van der Waals surface area contributed by atoms with Gasteiger partial charge in [-0.3, -0.25) is 9.59 Å². The number of anilines is 1. The average molecular weight is 231 g/mol. The van der Waals surface area contributed by atoms with Crippen molar-refractivity contribution in [1.29, 1.82) is 0 Å². The summed E-state index contributed by atoms with van der Waals surface area (Å²) in [5.74, 6) is -1.52. The Morgan fingerprint density at radius 2 is 1.71 bits per heavy atom. The van der Waals surface area contributed by atoms with Crippen molar-refractivity contribution in [3.8, 4) is 0 Å². The molecular formula is C12H9NO4.